The molecule has 0 aliphatic carbocycles. The third-order valence-electron chi connectivity index (χ3n) is 4.20. The first-order valence-corrected chi connectivity index (χ1v) is 8.31. The minimum Gasteiger partial charge on any atom is -0.495 e. The smallest absolute Gasteiger partial charge is 0.233 e. The van der Waals surface area contributed by atoms with Gasteiger partial charge in [0.2, 0.25) is 11.8 Å². The Balaban J connectivity index is 2.00. The zero-order valence-electron chi connectivity index (χ0n) is 14.2. The SMILES string of the molecule is COc1cc(NC(=O)CC(=O)N2CCC(C)CC2)c(OC)cc1Cl. The van der Waals surface area contributed by atoms with Crippen LogP contribution in [0.25, 0.3) is 0 Å². The number of hydrogen-bond acceptors (Lipinski definition) is 4. The van der Waals surface area contributed by atoms with Gasteiger partial charge in [-0.15, -0.1) is 0 Å². The molecular weight excluding hydrogens is 332 g/mol. The molecule has 1 saturated heterocycles. The van der Waals surface area contributed by atoms with Crippen molar-refractivity contribution < 1.29 is 19.1 Å². The van der Waals surface area contributed by atoms with Crippen molar-refractivity contribution in [1.29, 1.82) is 0 Å². The molecule has 1 heterocycles. The van der Waals surface area contributed by atoms with Crippen LogP contribution in [-0.4, -0.2) is 44.0 Å². The number of anilines is 1. The van der Waals surface area contributed by atoms with E-state index in [9.17, 15) is 9.59 Å². The first-order chi connectivity index (χ1) is 11.4. The van der Waals surface area contributed by atoms with Crippen LogP contribution >= 0.6 is 11.6 Å². The standard InChI is InChI=1S/C17H23ClN2O4/c1-11-4-6-20(7-5-11)17(22)10-16(21)19-13-9-14(23-2)12(18)8-15(13)24-3/h8-9,11H,4-7,10H2,1-3H3,(H,19,21). The summed E-state index contributed by atoms with van der Waals surface area (Å²) in [6.07, 6.45) is 1.77. The summed E-state index contributed by atoms with van der Waals surface area (Å²) in [5, 5.41) is 3.07. The Hall–Kier alpha value is -1.95. The fraction of sp³-hybridized carbons (Fsp3) is 0.529. The summed E-state index contributed by atoms with van der Waals surface area (Å²) in [6.45, 7) is 3.60. The Bertz CT molecular complexity index is 613. The second kappa shape index (κ2) is 8.24. The van der Waals surface area contributed by atoms with Gasteiger partial charge in [-0.3, -0.25) is 9.59 Å². The van der Waals surface area contributed by atoms with Crippen LogP contribution in [-0.2, 0) is 9.59 Å². The lowest BCUT2D eigenvalue weighted by molar-refractivity contribution is -0.135. The summed E-state index contributed by atoms with van der Waals surface area (Å²) >= 11 is 6.04. The molecule has 6 nitrogen and oxygen atoms in total. The highest BCUT2D eigenvalue weighted by atomic mass is 35.5. The van der Waals surface area contributed by atoms with Crippen LogP contribution in [0.4, 0.5) is 5.69 Å². The molecule has 0 unspecified atom stereocenters. The number of methoxy groups -OCH3 is 2. The maximum Gasteiger partial charge on any atom is 0.233 e. The Morgan fingerprint density at radius 2 is 1.83 bits per heavy atom. The van der Waals surface area contributed by atoms with E-state index in [0.29, 0.717) is 41.2 Å². The molecule has 1 fully saturated rings. The first-order valence-electron chi connectivity index (χ1n) is 7.93. The number of ether oxygens (including phenoxy) is 2. The summed E-state index contributed by atoms with van der Waals surface area (Å²) in [6, 6.07) is 3.13. The van der Waals surface area contributed by atoms with Gasteiger partial charge in [0.25, 0.3) is 0 Å². The van der Waals surface area contributed by atoms with Crippen molar-refractivity contribution in [2.24, 2.45) is 5.92 Å². The largest absolute Gasteiger partial charge is 0.495 e. The molecule has 1 aromatic carbocycles. The summed E-state index contributed by atoms with van der Waals surface area (Å²) in [5.41, 5.74) is 0.420. The van der Waals surface area contributed by atoms with E-state index in [0.717, 1.165) is 12.8 Å². The minimum atomic E-state index is -0.388. The molecule has 1 aliphatic heterocycles. The van der Waals surface area contributed by atoms with Gasteiger partial charge >= 0.3 is 0 Å². The highest BCUT2D eigenvalue weighted by Gasteiger charge is 2.22. The molecule has 0 atom stereocenters. The van der Waals surface area contributed by atoms with Gasteiger partial charge in [-0.25, -0.2) is 0 Å². The van der Waals surface area contributed by atoms with E-state index in [-0.39, 0.29) is 18.2 Å². The quantitative estimate of drug-likeness (QED) is 0.825. The average molecular weight is 355 g/mol. The number of nitrogens with one attached hydrogen (secondary N) is 1. The number of halogens is 1. The van der Waals surface area contributed by atoms with Crippen LogP contribution in [0, 0.1) is 5.92 Å². The van der Waals surface area contributed by atoms with Gasteiger partial charge in [0.05, 0.1) is 24.9 Å². The van der Waals surface area contributed by atoms with Crippen LogP contribution < -0.4 is 14.8 Å². The maximum atomic E-state index is 12.2. The minimum absolute atomic E-state index is 0.153. The van der Waals surface area contributed by atoms with Gasteiger partial charge < -0.3 is 19.7 Å². The molecule has 0 bridgehead atoms. The molecule has 132 valence electrons. The average Bonchev–Trinajstić information content (AvgIpc) is 2.56. The van der Waals surface area contributed by atoms with Gasteiger partial charge in [0.15, 0.2) is 0 Å². The molecule has 2 rings (SSSR count). The van der Waals surface area contributed by atoms with Crippen LogP contribution in [0.5, 0.6) is 11.5 Å². The highest BCUT2D eigenvalue weighted by molar-refractivity contribution is 6.32. The van der Waals surface area contributed by atoms with Crippen molar-refractivity contribution in [3.63, 3.8) is 0 Å². The van der Waals surface area contributed by atoms with Crippen molar-refractivity contribution in [3.05, 3.63) is 17.2 Å². The number of amides is 2. The third-order valence-corrected chi connectivity index (χ3v) is 4.49. The zero-order chi connectivity index (χ0) is 17.7. The van der Waals surface area contributed by atoms with Crippen LogP contribution in [0.1, 0.15) is 26.2 Å². The Morgan fingerprint density at radius 3 is 2.42 bits per heavy atom. The molecule has 0 radical (unpaired) electrons. The Morgan fingerprint density at radius 1 is 1.21 bits per heavy atom. The number of rotatable bonds is 5. The fourth-order valence-electron chi connectivity index (χ4n) is 2.66. The molecule has 0 spiro atoms. The number of piperidine rings is 1. The van der Waals surface area contributed by atoms with Crippen molar-refractivity contribution in [3.8, 4) is 11.5 Å². The number of benzene rings is 1. The van der Waals surface area contributed by atoms with E-state index in [1.165, 1.54) is 14.2 Å². The molecular formula is C17H23ClN2O4. The molecule has 1 aliphatic rings. The number of likely N-dealkylation sites (tertiary alicyclic amines) is 1. The molecule has 2 amide bonds. The predicted molar refractivity (Wildman–Crippen MR) is 92.8 cm³/mol. The lowest BCUT2D eigenvalue weighted by Gasteiger charge is -2.30. The molecule has 0 aromatic heterocycles. The monoisotopic (exact) mass is 354 g/mol. The Labute approximate surface area is 147 Å². The third kappa shape index (κ3) is 4.54. The van der Waals surface area contributed by atoms with Gasteiger partial charge in [-0.05, 0) is 18.8 Å². The van der Waals surface area contributed by atoms with E-state index >= 15 is 0 Å². The molecule has 1 aromatic rings. The summed E-state index contributed by atoms with van der Waals surface area (Å²) in [4.78, 5) is 26.2. The molecule has 1 N–H and O–H groups in total. The number of nitrogens with zero attached hydrogens (tertiary/aromatic N) is 1. The fourth-order valence-corrected chi connectivity index (χ4v) is 2.89. The van der Waals surface area contributed by atoms with Crippen molar-refractivity contribution in [2.45, 2.75) is 26.2 Å². The van der Waals surface area contributed by atoms with Gasteiger partial charge in [0.1, 0.15) is 17.9 Å². The predicted octanol–water partition coefficient (Wildman–Crippen LogP) is 2.94. The van der Waals surface area contributed by atoms with Gasteiger partial charge in [-0.2, -0.15) is 0 Å². The van der Waals surface area contributed by atoms with Crippen molar-refractivity contribution in [1.82, 2.24) is 4.90 Å². The van der Waals surface area contributed by atoms with Gasteiger partial charge in [0, 0.05) is 25.2 Å². The summed E-state index contributed by atoms with van der Waals surface area (Å²) < 4.78 is 10.3. The van der Waals surface area contributed by atoms with Crippen molar-refractivity contribution >= 4 is 29.1 Å². The van der Waals surface area contributed by atoms with Crippen molar-refractivity contribution in [2.75, 3.05) is 32.6 Å². The lowest BCUT2D eigenvalue weighted by atomic mass is 9.99. The van der Waals surface area contributed by atoms with E-state index in [2.05, 4.69) is 12.2 Å². The van der Waals surface area contributed by atoms with Crippen LogP contribution in [0.2, 0.25) is 5.02 Å². The number of carbonyl (C=O) groups is 2. The van der Waals surface area contributed by atoms with Crippen LogP contribution in [0.3, 0.4) is 0 Å². The van der Waals surface area contributed by atoms with E-state index in [1.807, 2.05) is 0 Å². The first kappa shape index (κ1) is 18.4. The summed E-state index contributed by atoms with van der Waals surface area (Å²) in [7, 11) is 2.97. The topological polar surface area (TPSA) is 67.9 Å². The van der Waals surface area contributed by atoms with Gasteiger partial charge in [-0.1, -0.05) is 18.5 Å². The highest BCUT2D eigenvalue weighted by Crippen LogP contribution is 2.35. The zero-order valence-corrected chi connectivity index (χ0v) is 15.0. The van der Waals surface area contributed by atoms with E-state index in [1.54, 1.807) is 17.0 Å². The second-order valence-corrected chi connectivity index (χ2v) is 6.38. The molecule has 24 heavy (non-hydrogen) atoms. The number of hydrogen-bond donors (Lipinski definition) is 1. The second-order valence-electron chi connectivity index (χ2n) is 5.98. The Kier molecular flexibility index (Phi) is 6.31. The van der Waals surface area contributed by atoms with E-state index < -0.39 is 0 Å². The van der Waals surface area contributed by atoms with E-state index in [4.69, 9.17) is 21.1 Å². The number of carbonyl (C=O) groups excluding carboxylic acids is 2. The molecule has 7 heteroatoms. The maximum absolute atomic E-state index is 12.2. The molecule has 0 saturated carbocycles. The lowest BCUT2D eigenvalue weighted by Crippen LogP contribution is -2.39. The normalized spacial score (nSPS) is 15.1. The van der Waals surface area contributed by atoms with Crippen LogP contribution in [0.15, 0.2) is 12.1 Å². The summed E-state index contributed by atoms with van der Waals surface area (Å²) in [5.74, 6) is 0.923.